The highest BCUT2D eigenvalue weighted by atomic mass is 16.5. The number of carbonyl (C=O) groups is 1. The van der Waals surface area contributed by atoms with E-state index >= 15 is 0 Å². The lowest BCUT2D eigenvalue weighted by molar-refractivity contribution is -0.118. The van der Waals surface area contributed by atoms with Gasteiger partial charge < -0.3 is 19.8 Å². The molecule has 5 heteroatoms. The second-order valence-electron chi connectivity index (χ2n) is 4.26. The standard InChI is InChI=1S/C14H18N2O3/c1-9(17)15-6-4-10-11-5-7-16-14(11)13(19-3)8-12(10)18-2/h5,7-8,16H,4,6H2,1-3H3,(H,15,17). The number of hydrogen-bond donors (Lipinski definition) is 2. The van der Waals surface area contributed by atoms with Crippen molar-refractivity contribution in [1.29, 1.82) is 0 Å². The van der Waals surface area contributed by atoms with E-state index < -0.39 is 0 Å². The van der Waals surface area contributed by atoms with Gasteiger partial charge in [-0.3, -0.25) is 4.79 Å². The average molecular weight is 262 g/mol. The SMILES string of the molecule is COc1cc(OC)c2[nH]ccc2c1CCNC(C)=O. The third kappa shape index (κ3) is 2.65. The highest BCUT2D eigenvalue weighted by molar-refractivity contribution is 5.90. The van der Waals surface area contributed by atoms with Crippen LogP contribution >= 0.6 is 0 Å². The van der Waals surface area contributed by atoms with Crippen LogP contribution in [0.4, 0.5) is 0 Å². The van der Waals surface area contributed by atoms with Crippen LogP contribution in [0.25, 0.3) is 10.9 Å². The quantitative estimate of drug-likeness (QED) is 0.864. The summed E-state index contributed by atoms with van der Waals surface area (Å²) >= 11 is 0. The van der Waals surface area contributed by atoms with Crippen LogP contribution in [0.15, 0.2) is 18.3 Å². The number of fused-ring (bicyclic) bond motifs is 1. The zero-order valence-electron chi connectivity index (χ0n) is 11.4. The van der Waals surface area contributed by atoms with Crippen molar-refractivity contribution in [1.82, 2.24) is 10.3 Å². The molecule has 1 aromatic heterocycles. The number of ether oxygens (including phenoxy) is 2. The van der Waals surface area contributed by atoms with Gasteiger partial charge in [-0.15, -0.1) is 0 Å². The van der Waals surface area contributed by atoms with Crippen molar-refractivity contribution < 1.29 is 14.3 Å². The second-order valence-corrected chi connectivity index (χ2v) is 4.26. The average Bonchev–Trinajstić information content (AvgIpc) is 2.87. The molecule has 0 fully saturated rings. The lowest BCUT2D eigenvalue weighted by Gasteiger charge is -2.13. The number of rotatable bonds is 5. The van der Waals surface area contributed by atoms with Crippen LogP contribution in [-0.4, -0.2) is 31.7 Å². The number of amides is 1. The van der Waals surface area contributed by atoms with Crippen LogP contribution in [-0.2, 0) is 11.2 Å². The van der Waals surface area contributed by atoms with Gasteiger partial charge in [0.15, 0.2) is 0 Å². The van der Waals surface area contributed by atoms with Crippen molar-refractivity contribution in [3.8, 4) is 11.5 Å². The van der Waals surface area contributed by atoms with Crippen molar-refractivity contribution in [2.75, 3.05) is 20.8 Å². The molecule has 2 N–H and O–H groups in total. The molecule has 1 amide bonds. The largest absolute Gasteiger partial charge is 0.496 e. The molecule has 0 saturated heterocycles. The summed E-state index contributed by atoms with van der Waals surface area (Å²) < 4.78 is 10.8. The van der Waals surface area contributed by atoms with E-state index in [1.54, 1.807) is 14.2 Å². The number of hydrogen-bond acceptors (Lipinski definition) is 3. The number of methoxy groups -OCH3 is 2. The molecular formula is C14H18N2O3. The molecular weight excluding hydrogens is 244 g/mol. The molecule has 102 valence electrons. The first kappa shape index (κ1) is 13.3. The number of carbonyl (C=O) groups excluding carboxylic acids is 1. The van der Waals surface area contributed by atoms with Gasteiger partial charge in [0.1, 0.15) is 11.5 Å². The number of benzene rings is 1. The van der Waals surface area contributed by atoms with Crippen LogP contribution in [0.3, 0.4) is 0 Å². The highest BCUT2D eigenvalue weighted by Crippen LogP contribution is 2.35. The smallest absolute Gasteiger partial charge is 0.216 e. The van der Waals surface area contributed by atoms with Gasteiger partial charge in [0.05, 0.1) is 19.7 Å². The van der Waals surface area contributed by atoms with Crippen molar-refractivity contribution in [3.63, 3.8) is 0 Å². The minimum Gasteiger partial charge on any atom is -0.496 e. The van der Waals surface area contributed by atoms with Gasteiger partial charge in [-0.25, -0.2) is 0 Å². The summed E-state index contributed by atoms with van der Waals surface area (Å²) in [5.41, 5.74) is 2.01. The molecule has 2 aromatic rings. The normalized spacial score (nSPS) is 10.5. The molecule has 19 heavy (non-hydrogen) atoms. The van der Waals surface area contributed by atoms with E-state index in [2.05, 4.69) is 10.3 Å². The number of H-pyrrole nitrogens is 1. The maximum Gasteiger partial charge on any atom is 0.216 e. The van der Waals surface area contributed by atoms with E-state index in [-0.39, 0.29) is 5.91 Å². The van der Waals surface area contributed by atoms with Gasteiger partial charge >= 0.3 is 0 Å². The first-order chi connectivity index (χ1) is 9.17. The summed E-state index contributed by atoms with van der Waals surface area (Å²) in [5, 5.41) is 3.85. The molecule has 1 aromatic carbocycles. The predicted molar refractivity (Wildman–Crippen MR) is 73.8 cm³/mol. The van der Waals surface area contributed by atoms with Crippen molar-refractivity contribution in [3.05, 3.63) is 23.9 Å². The van der Waals surface area contributed by atoms with Crippen LogP contribution in [0.1, 0.15) is 12.5 Å². The topological polar surface area (TPSA) is 63.4 Å². The summed E-state index contributed by atoms with van der Waals surface area (Å²) in [6.07, 6.45) is 2.58. The van der Waals surface area contributed by atoms with Crippen LogP contribution in [0.2, 0.25) is 0 Å². The first-order valence-electron chi connectivity index (χ1n) is 6.12. The Kier molecular flexibility index (Phi) is 3.94. The van der Waals surface area contributed by atoms with Gasteiger partial charge in [-0.05, 0) is 12.5 Å². The molecule has 0 atom stereocenters. The van der Waals surface area contributed by atoms with E-state index in [1.165, 1.54) is 6.92 Å². The summed E-state index contributed by atoms with van der Waals surface area (Å²) in [6.45, 7) is 2.09. The van der Waals surface area contributed by atoms with Crippen molar-refractivity contribution in [2.45, 2.75) is 13.3 Å². The maximum absolute atomic E-state index is 10.9. The molecule has 0 radical (unpaired) electrons. The summed E-state index contributed by atoms with van der Waals surface area (Å²) in [6, 6.07) is 3.85. The lowest BCUT2D eigenvalue weighted by Crippen LogP contribution is -2.22. The molecule has 5 nitrogen and oxygen atoms in total. The number of aromatic nitrogens is 1. The van der Waals surface area contributed by atoms with E-state index in [4.69, 9.17) is 9.47 Å². The molecule has 0 aliphatic rings. The molecule has 1 heterocycles. The number of aromatic amines is 1. The van der Waals surface area contributed by atoms with Gasteiger partial charge in [-0.1, -0.05) is 0 Å². The third-order valence-corrected chi connectivity index (χ3v) is 3.07. The van der Waals surface area contributed by atoms with E-state index in [0.717, 1.165) is 28.0 Å². The summed E-state index contributed by atoms with van der Waals surface area (Å²) in [7, 11) is 3.27. The Morgan fingerprint density at radius 1 is 1.32 bits per heavy atom. The Morgan fingerprint density at radius 2 is 2.05 bits per heavy atom. The zero-order valence-corrected chi connectivity index (χ0v) is 11.4. The Labute approximate surface area is 111 Å². The number of nitrogens with one attached hydrogen (secondary N) is 2. The van der Waals surface area contributed by atoms with E-state index in [9.17, 15) is 4.79 Å². The maximum atomic E-state index is 10.9. The molecule has 2 rings (SSSR count). The third-order valence-electron chi connectivity index (χ3n) is 3.07. The van der Waals surface area contributed by atoms with Crippen LogP contribution in [0.5, 0.6) is 11.5 Å². The Hall–Kier alpha value is -2.17. The molecule has 0 saturated carbocycles. The lowest BCUT2D eigenvalue weighted by atomic mass is 10.0. The second kappa shape index (κ2) is 5.65. The van der Waals surface area contributed by atoms with Gasteiger partial charge in [0.2, 0.25) is 5.91 Å². The first-order valence-corrected chi connectivity index (χ1v) is 6.12. The summed E-state index contributed by atoms with van der Waals surface area (Å²) in [4.78, 5) is 14.1. The summed E-state index contributed by atoms with van der Waals surface area (Å²) in [5.74, 6) is 1.49. The molecule has 0 bridgehead atoms. The fourth-order valence-corrected chi connectivity index (χ4v) is 2.20. The molecule has 0 aliphatic carbocycles. The Morgan fingerprint density at radius 3 is 2.68 bits per heavy atom. The monoisotopic (exact) mass is 262 g/mol. The zero-order chi connectivity index (χ0) is 13.8. The van der Waals surface area contributed by atoms with E-state index in [1.807, 2.05) is 18.3 Å². The minimum absolute atomic E-state index is 0.0298. The fraction of sp³-hybridized carbons (Fsp3) is 0.357. The van der Waals surface area contributed by atoms with Crippen molar-refractivity contribution >= 4 is 16.8 Å². The van der Waals surface area contributed by atoms with Gasteiger partial charge in [-0.2, -0.15) is 0 Å². The molecule has 0 unspecified atom stereocenters. The Balaban J connectivity index is 2.40. The predicted octanol–water partition coefficient (Wildman–Crippen LogP) is 1.86. The molecule has 0 aliphatic heterocycles. The van der Waals surface area contributed by atoms with Gasteiger partial charge in [0, 0.05) is 36.7 Å². The van der Waals surface area contributed by atoms with Gasteiger partial charge in [0.25, 0.3) is 0 Å². The van der Waals surface area contributed by atoms with Crippen molar-refractivity contribution in [2.24, 2.45) is 0 Å². The molecule has 0 spiro atoms. The fourth-order valence-electron chi connectivity index (χ4n) is 2.20. The highest BCUT2D eigenvalue weighted by Gasteiger charge is 2.14. The van der Waals surface area contributed by atoms with Crippen LogP contribution in [0, 0.1) is 0 Å². The minimum atomic E-state index is -0.0298. The Bertz CT molecular complexity index is 590. The van der Waals surface area contributed by atoms with Crippen LogP contribution < -0.4 is 14.8 Å². The van der Waals surface area contributed by atoms with E-state index in [0.29, 0.717) is 13.0 Å².